The van der Waals surface area contributed by atoms with Gasteiger partial charge in [0.1, 0.15) is 5.78 Å². The fourth-order valence-corrected chi connectivity index (χ4v) is 2.65. The Kier molecular flexibility index (Phi) is 4.15. The Morgan fingerprint density at radius 2 is 1.94 bits per heavy atom. The fourth-order valence-electron chi connectivity index (χ4n) is 1.47. The first kappa shape index (κ1) is 12.6. The molecule has 2 rings (SSSR count). The molecule has 0 saturated heterocycles. The van der Waals surface area contributed by atoms with Crippen LogP contribution in [0.25, 0.3) is 0 Å². The van der Waals surface area contributed by atoms with Crippen molar-refractivity contribution >= 4 is 40.3 Å². The number of carbonyl (C=O) groups is 1. The van der Waals surface area contributed by atoms with E-state index in [2.05, 4.69) is 4.98 Å². The predicted molar refractivity (Wildman–Crippen MR) is 71.0 cm³/mol. The number of hydrogen-bond donors (Lipinski definition) is 0. The van der Waals surface area contributed by atoms with Crippen molar-refractivity contribution in [2.45, 2.75) is 12.8 Å². The summed E-state index contributed by atoms with van der Waals surface area (Å²) in [5.74, 6) is 0.0648. The molecule has 0 atom stereocenters. The standard InChI is InChI=1S/C12H9Cl2NOS/c13-10-2-1-3-11(14)9(10)6-8(16)7-12-15-4-5-17-12/h1-5H,6-7H2. The lowest BCUT2D eigenvalue weighted by Crippen LogP contribution is -2.07. The Bertz CT molecular complexity index is 505. The first-order chi connectivity index (χ1) is 8.16. The Morgan fingerprint density at radius 1 is 1.24 bits per heavy atom. The second kappa shape index (κ2) is 5.63. The van der Waals surface area contributed by atoms with Crippen LogP contribution in [0.2, 0.25) is 10.0 Å². The van der Waals surface area contributed by atoms with E-state index < -0.39 is 0 Å². The van der Waals surface area contributed by atoms with Crippen molar-refractivity contribution in [1.82, 2.24) is 4.98 Å². The highest BCUT2D eigenvalue weighted by atomic mass is 35.5. The van der Waals surface area contributed by atoms with Gasteiger partial charge in [-0.3, -0.25) is 4.79 Å². The van der Waals surface area contributed by atoms with Crippen molar-refractivity contribution in [3.8, 4) is 0 Å². The van der Waals surface area contributed by atoms with Crippen molar-refractivity contribution < 1.29 is 4.79 Å². The smallest absolute Gasteiger partial charge is 0.144 e. The van der Waals surface area contributed by atoms with Gasteiger partial charge in [-0.05, 0) is 17.7 Å². The third-order valence-corrected chi connectivity index (χ3v) is 3.76. The summed E-state index contributed by atoms with van der Waals surface area (Å²) in [6.07, 6.45) is 2.27. The molecule has 0 N–H and O–H groups in total. The van der Waals surface area contributed by atoms with E-state index >= 15 is 0 Å². The van der Waals surface area contributed by atoms with Gasteiger partial charge in [-0.25, -0.2) is 4.98 Å². The van der Waals surface area contributed by atoms with Crippen molar-refractivity contribution in [2.24, 2.45) is 0 Å². The third-order valence-electron chi connectivity index (χ3n) is 2.27. The second-order valence-corrected chi connectivity index (χ2v) is 5.31. The molecule has 0 aliphatic heterocycles. The van der Waals surface area contributed by atoms with Gasteiger partial charge in [0.2, 0.25) is 0 Å². The highest BCUT2D eigenvalue weighted by Gasteiger charge is 2.12. The van der Waals surface area contributed by atoms with Gasteiger partial charge in [-0.1, -0.05) is 29.3 Å². The van der Waals surface area contributed by atoms with Crippen LogP contribution in [0.5, 0.6) is 0 Å². The minimum atomic E-state index is 0.0648. The van der Waals surface area contributed by atoms with Crippen LogP contribution in [-0.2, 0) is 17.6 Å². The molecule has 0 radical (unpaired) electrons. The van der Waals surface area contributed by atoms with E-state index in [-0.39, 0.29) is 12.2 Å². The number of carbonyl (C=O) groups excluding carboxylic acids is 1. The lowest BCUT2D eigenvalue weighted by Gasteiger charge is -2.05. The summed E-state index contributed by atoms with van der Waals surface area (Å²) in [6, 6.07) is 5.23. The molecule has 0 bridgehead atoms. The highest BCUT2D eigenvalue weighted by molar-refractivity contribution is 7.09. The molecule has 1 heterocycles. The number of rotatable bonds is 4. The Balaban J connectivity index is 2.08. The number of nitrogens with zero attached hydrogens (tertiary/aromatic N) is 1. The predicted octanol–water partition coefficient (Wildman–Crippen LogP) is 3.80. The molecular weight excluding hydrogens is 277 g/mol. The molecule has 1 aromatic heterocycles. The molecule has 17 heavy (non-hydrogen) atoms. The average Bonchev–Trinajstić information content (AvgIpc) is 2.76. The largest absolute Gasteiger partial charge is 0.299 e. The maximum Gasteiger partial charge on any atom is 0.144 e. The Morgan fingerprint density at radius 3 is 2.53 bits per heavy atom. The first-order valence-corrected chi connectivity index (χ1v) is 6.63. The van der Waals surface area contributed by atoms with Gasteiger partial charge < -0.3 is 0 Å². The van der Waals surface area contributed by atoms with Gasteiger partial charge in [0.05, 0.1) is 11.4 Å². The normalized spacial score (nSPS) is 10.5. The summed E-state index contributed by atoms with van der Waals surface area (Å²) in [4.78, 5) is 15.9. The van der Waals surface area contributed by atoms with Gasteiger partial charge >= 0.3 is 0 Å². The maximum atomic E-state index is 11.8. The number of aromatic nitrogens is 1. The topological polar surface area (TPSA) is 30.0 Å². The summed E-state index contributed by atoms with van der Waals surface area (Å²) in [6.45, 7) is 0. The SMILES string of the molecule is O=C(Cc1nccs1)Cc1c(Cl)cccc1Cl. The van der Waals surface area contributed by atoms with Crippen molar-refractivity contribution in [3.05, 3.63) is 50.4 Å². The summed E-state index contributed by atoms with van der Waals surface area (Å²) in [7, 11) is 0. The first-order valence-electron chi connectivity index (χ1n) is 5.00. The number of ketones is 1. The molecule has 0 fully saturated rings. The minimum Gasteiger partial charge on any atom is -0.299 e. The van der Waals surface area contributed by atoms with Crippen molar-refractivity contribution in [3.63, 3.8) is 0 Å². The average molecular weight is 286 g/mol. The molecule has 0 spiro atoms. The van der Waals surface area contributed by atoms with Crippen LogP contribution in [0.4, 0.5) is 0 Å². The molecule has 0 unspecified atom stereocenters. The monoisotopic (exact) mass is 285 g/mol. The summed E-state index contributed by atoms with van der Waals surface area (Å²) >= 11 is 13.5. The van der Waals surface area contributed by atoms with Crippen LogP contribution in [0, 0.1) is 0 Å². The van der Waals surface area contributed by atoms with Crippen molar-refractivity contribution in [2.75, 3.05) is 0 Å². The van der Waals surface area contributed by atoms with E-state index in [0.29, 0.717) is 22.0 Å². The molecule has 2 nitrogen and oxygen atoms in total. The molecule has 1 aromatic carbocycles. The number of benzene rings is 1. The van der Waals surface area contributed by atoms with Gasteiger partial charge in [0.25, 0.3) is 0 Å². The molecule has 0 saturated carbocycles. The van der Waals surface area contributed by atoms with Crippen LogP contribution in [-0.4, -0.2) is 10.8 Å². The lowest BCUT2D eigenvalue weighted by molar-refractivity contribution is -0.117. The zero-order valence-corrected chi connectivity index (χ0v) is 11.1. The quantitative estimate of drug-likeness (QED) is 0.855. The second-order valence-electron chi connectivity index (χ2n) is 3.52. The number of halogens is 2. The molecule has 2 aromatic rings. The zero-order chi connectivity index (χ0) is 12.3. The minimum absolute atomic E-state index is 0.0648. The van der Waals surface area contributed by atoms with Gasteiger partial charge in [-0.2, -0.15) is 0 Å². The molecule has 0 aliphatic carbocycles. The number of hydrogen-bond acceptors (Lipinski definition) is 3. The van der Waals surface area contributed by atoms with Crippen LogP contribution < -0.4 is 0 Å². The van der Waals surface area contributed by atoms with E-state index in [1.807, 2.05) is 5.38 Å². The van der Waals surface area contributed by atoms with Gasteiger partial charge in [0.15, 0.2) is 0 Å². The summed E-state index contributed by atoms with van der Waals surface area (Å²) in [5.41, 5.74) is 0.692. The lowest BCUT2D eigenvalue weighted by atomic mass is 10.1. The van der Waals surface area contributed by atoms with E-state index in [1.54, 1.807) is 24.4 Å². The Labute approximate surface area is 113 Å². The van der Waals surface area contributed by atoms with Crippen LogP contribution in [0.15, 0.2) is 29.8 Å². The van der Waals surface area contributed by atoms with Crippen molar-refractivity contribution in [1.29, 1.82) is 0 Å². The van der Waals surface area contributed by atoms with Gasteiger partial charge in [0, 0.05) is 28.0 Å². The fraction of sp³-hybridized carbons (Fsp3) is 0.167. The number of Topliss-reactive ketones (excluding diaryl/α,β-unsaturated/α-hetero) is 1. The number of thiazole rings is 1. The highest BCUT2D eigenvalue weighted by Crippen LogP contribution is 2.25. The maximum absolute atomic E-state index is 11.8. The van der Waals surface area contributed by atoms with E-state index in [0.717, 1.165) is 5.01 Å². The third kappa shape index (κ3) is 3.28. The summed E-state index contributed by atoms with van der Waals surface area (Å²) < 4.78 is 0. The molecule has 88 valence electrons. The Hall–Kier alpha value is -0.900. The molecule has 0 aliphatic rings. The zero-order valence-electron chi connectivity index (χ0n) is 8.82. The van der Waals surface area contributed by atoms with E-state index in [9.17, 15) is 4.79 Å². The van der Waals surface area contributed by atoms with E-state index in [4.69, 9.17) is 23.2 Å². The van der Waals surface area contributed by atoms with E-state index in [1.165, 1.54) is 11.3 Å². The van der Waals surface area contributed by atoms with Crippen LogP contribution >= 0.6 is 34.5 Å². The van der Waals surface area contributed by atoms with Gasteiger partial charge in [-0.15, -0.1) is 11.3 Å². The summed E-state index contributed by atoms with van der Waals surface area (Å²) in [5, 5.41) is 3.73. The molecule has 5 heteroatoms. The molecular formula is C12H9Cl2NOS. The molecule has 0 amide bonds. The van der Waals surface area contributed by atoms with Crippen LogP contribution in [0.1, 0.15) is 10.6 Å². The van der Waals surface area contributed by atoms with Crippen LogP contribution in [0.3, 0.4) is 0 Å².